The van der Waals surface area contributed by atoms with E-state index in [0.717, 1.165) is 35.4 Å². The predicted molar refractivity (Wildman–Crippen MR) is 91.7 cm³/mol. The molecular weight excluding hydrogens is 286 g/mol. The first-order chi connectivity index (χ1) is 11.1. The molecule has 116 valence electrons. The van der Waals surface area contributed by atoms with Crippen molar-refractivity contribution in [1.82, 2.24) is 10.2 Å². The van der Waals surface area contributed by atoms with E-state index in [4.69, 9.17) is 4.74 Å². The molecule has 0 atom stereocenters. The third-order valence-corrected chi connectivity index (χ3v) is 4.14. The molecule has 0 amide bonds. The Morgan fingerprint density at radius 1 is 1.04 bits per heavy atom. The number of hydrogen-bond acceptors (Lipinski definition) is 4. The summed E-state index contributed by atoms with van der Waals surface area (Å²) in [4.78, 5) is 2.27. The van der Waals surface area contributed by atoms with Gasteiger partial charge in [0.1, 0.15) is 11.4 Å². The fourth-order valence-electron chi connectivity index (χ4n) is 3.18. The molecule has 2 heterocycles. The van der Waals surface area contributed by atoms with E-state index in [1.165, 1.54) is 5.56 Å². The van der Waals surface area contributed by atoms with E-state index < -0.39 is 0 Å². The molecule has 1 aliphatic heterocycles. The Morgan fingerprint density at radius 2 is 1.83 bits per heavy atom. The summed E-state index contributed by atoms with van der Waals surface area (Å²) >= 11 is 0. The molecule has 0 saturated heterocycles. The number of fused-ring (bicyclic) bond motifs is 2. The Morgan fingerprint density at radius 3 is 2.74 bits per heavy atom. The standard InChI is InChI=1S/C19H19N3O/c1-19(2)13-22(12-15-8-4-6-10-17(15)23-19)18-16-9-5-3-7-14(16)11-20-21-18/h3-11H,12-13H2,1-2H3. The largest absolute Gasteiger partial charge is 0.486 e. The van der Waals surface area contributed by atoms with Gasteiger partial charge in [0.15, 0.2) is 5.82 Å². The number of benzene rings is 2. The van der Waals surface area contributed by atoms with E-state index in [1.807, 2.05) is 36.5 Å². The summed E-state index contributed by atoms with van der Waals surface area (Å²) in [5.41, 5.74) is 0.874. The molecule has 4 nitrogen and oxygen atoms in total. The summed E-state index contributed by atoms with van der Waals surface area (Å²) in [6.07, 6.45) is 1.81. The Hall–Kier alpha value is -2.62. The quantitative estimate of drug-likeness (QED) is 0.685. The molecule has 0 saturated carbocycles. The topological polar surface area (TPSA) is 38.2 Å². The van der Waals surface area contributed by atoms with Crippen LogP contribution in [0.4, 0.5) is 5.82 Å². The van der Waals surface area contributed by atoms with Gasteiger partial charge in [-0.3, -0.25) is 0 Å². The summed E-state index contributed by atoms with van der Waals surface area (Å²) in [5, 5.41) is 10.8. The van der Waals surface area contributed by atoms with Crippen molar-refractivity contribution >= 4 is 16.6 Å². The van der Waals surface area contributed by atoms with Gasteiger partial charge < -0.3 is 9.64 Å². The molecule has 0 fully saturated rings. The van der Waals surface area contributed by atoms with Crippen molar-refractivity contribution in [3.8, 4) is 5.75 Å². The highest BCUT2D eigenvalue weighted by Gasteiger charge is 2.30. The molecule has 0 aliphatic carbocycles. The first kappa shape index (κ1) is 14.0. The lowest BCUT2D eigenvalue weighted by Gasteiger charge is -2.30. The first-order valence-electron chi connectivity index (χ1n) is 7.85. The fraction of sp³-hybridized carbons (Fsp3) is 0.263. The molecule has 4 rings (SSSR count). The van der Waals surface area contributed by atoms with Crippen LogP contribution in [0.3, 0.4) is 0 Å². The van der Waals surface area contributed by atoms with Gasteiger partial charge in [-0.05, 0) is 19.9 Å². The molecule has 1 aliphatic rings. The van der Waals surface area contributed by atoms with Gasteiger partial charge in [-0.2, -0.15) is 5.10 Å². The number of hydrogen-bond donors (Lipinski definition) is 0. The van der Waals surface area contributed by atoms with E-state index in [0.29, 0.717) is 0 Å². The molecule has 23 heavy (non-hydrogen) atoms. The second-order valence-corrected chi connectivity index (χ2v) is 6.58. The van der Waals surface area contributed by atoms with Gasteiger partial charge in [0.2, 0.25) is 0 Å². The zero-order valence-electron chi connectivity index (χ0n) is 13.4. The summed E-state index contributed by atoms with van der Waals surface area (Å²) in [6.45, 7) is 5.74. The van der Waals surface area contributed by atoms with Gasteiger partial charge in [0.05, 0.1) is 12.7 Å². The maximum Gasteiger partial charge on any atom is 0.159 e. The maximum atomic E-state index is 6.22. The Kier molecular flexibility index (Phi) is 3.18. The SMILES string of the molecule is CC1(C)CN(c2nncc3ccccc23)Cc2ccccc2O1. The smallest absolute Gasteiger partial charge is 0.159 e. The molecular formula is C19H19N3O. The number of aromatic nitrogens is 2. The van der Waals surface area contributed by atoms with Crippen LogP contribution < -0.4 is 9.64 Å². The van der Waals surface area contributed by atoms with Crippen molar-refractivity contribution < 1.29 is 4.74 Å². The van der Waals surface area contributed by atoms with Gasteiger partial charge in [0.25, 0.3) is 0 Å². The fourth-order valence-corrected chi connectivity index (χ4v) is 3.18. The van der Waals surface area contributed by atoms with Gasteiger partial charge in [-0.25, -0.2) is 0 Å². The van der Waals surface area contributed by atoms with Crippen LogP contribution in [0.15, 0.2) is 54.7 Å². The summed E-state index contributed by atoms with van der Waals surface area (Å²) < 4.78 is 6.22. The third kappa shape index (κ3) is 2.61. The van der Waals surface area contributed by atoms with E-state index in [1.54, 1.807) is 0 Å². The highest BCUT2D eigenvalue weighted by molar-refractivity contribution is 5.91. The van der Waals surface area contributed by atoms with Crippen molar-refractivity contribution in [2.24, 2.45) is 0 Å². The van der Waals surface area contributed by atoms with E-state index in [9.17, 15) is 0 Å². The Bertz CT molecular complexity index is 855. The number of rotatable bonds is 1. The number of ether oxygens (including phenoxy) is 1. The Labute approximate surface area is 135 Å². The minimum atomic E-state index is -0.300. The van der Waals surface area contributed by atoms with Crippen molar-refractivity contribution in [1.29, 1.82) is 0 Å². The lowest BCUT2D eigenvalue weighted by Crippen LogP contribution is -2.41. The molecule has 3 aromatic rings. The van der Waals surface area contributed by atoms with Crippen LogP contribution in [0, 0.1) is 0 Å². The first-order valence-corrected chi connectivity index (χ1v) is 7.85. The highest BCUT2D eigenvalue weighted by atomic mass is 16.5. The lowest BCUT2D eigenvalue weighted by molar-refractivity contribution is 0.121. The van der Waals surface area contributed by atoms with Gasteiger partial charge in [-0.15, -0.1) is 5.10 Å². The van der Waals surface area contributed by atoms with Crippen LogP contribution in [-0.4, -0.2) is 22.3 Å². The number of para-hydroxylation sites is 1. The van der Waals surface area contributed by atoms with Crippen molar-refractivity contribution in [3.63, 3.8) is 0 Å². The maximum absolute atomic E-state index is 6.22. The molecule has 0 unspecified atom stereocenters. The van der Waals surface area contributed by atoms with Crippen LogP contribution in [0.5, 0.6) is 5.75 Å². The summed E-state index contributed by atoms with van der Waals surface area (Å²) in [5.74, 6) is 1.87. The van der Waals surface area contributed by atoms with Crippen molar-refractivity contribution in [3.05, 3.63) is 60.3 Å². The zero-order valence-corrected chi connectivity index (χ0v) is 13.4. The van der Waals surface area contributed by atoms with Crippen LogP contribution in [0.2, 0.25) is 0 Å². The van der Waals surface area contributed by atoms with E-state index in [-0.39, 0.29) is 5.60 Å². The van der Waals surface area contributed by atoms with Crippen LogP contribution in [-0.2, 0) is 6.54 Å². The summed E-state index contributed by atoms with van der Waals surface area (Å²) in [6, 6.07) is 16.5. The molecule has 0 radical (unpaired) electrons. The number of anilines is 1. The molecule has 0 bridgehead atoms. The van der Waals surface area contributed by atoms with Gasteiger partial charge in [-0.1, -0.05) is 42.5 Å². The molecule has 4 heteroatoms. The molecule has 0 spiro atoms. The van der Waals surface area contributed by atoms with E-state index in [2.05, 4.69) is 47.1 Å². The van der Waals surface area contributed by atoms with Gasteiger partial charge in [0, 0.05) is 22.9 Å². The lowest BCUT2D eigenvalue weighted by atomic mass is 10.1. The van der Waals surface area contributed by atoms with Crippen LogP contribution in [0.1, 0.15) is 19.4 Å². The minimum Gasteiger partial charge on any atom is -0.486 e. The zero-order chi connectivity index (χ0) is 15.9. The highest BCUT2D eigenvalue weighted by Crippen LogP contribution is 2.33. The van der Waals surface area contributed by atoms with Crippen LogP contribution in [0.25, 0.3) is 10.8 Å². The number of nitrogens with zero attached hydrogens (tertiary/aromatic N) is 3. The van der Waals surface area contributed by atoms with Crippen molar-refractivity contribution in [2.75, 3.05) is 11.4 Å². The molecule has 2 aromatic carbocycles. The molecule has 1 aromatic heterocycles. The van der Waals surface area contributed by atoms with Crippen molar-refractivity contribution in [2.45, 2.75) is 26.0 Å². The van der Waals surface area contributed by atoms with Crippen LogP contribution >= 0.6 is 0 Å². The van der Waals surface area contributed by atoms with E-state index >= 15 is 0 Å². The second kappa shape index (κ2) is 5.23. The normalized spacial score (nSPS) is 16.5. The Balaban J connectivity index is 1.84. The minimum absolute atomic E-state index is 0.300. The third-order valence-electron chi connectivity index (χ3n) is 4.14. The second-order valence-electron chi connectivity index (χ2n) is 6.58. The van der Waals surface area contributed by atoms with Gasteiger partial charge >= 0.3 is 0 Å². The monoisotopic (exact) mass is 305 g/mol. The average Bonchev–Trinajstić information content (AvgIpc) is 2.68. The average molecular weight is 305 g/mol. The molecule has 0 N–H and O–H groups in total. The predicted octanol–water partition coefficient (Wildman–Crippen LogP) is 3.81. The summed E-state index contributed by atoms with van der Waals surface area (Å²) in [7, 11) is 0.